The molecular formula is C15H18Cl2N4OS. The first-order chi connectivity index (χ1) is 11.0. The Kier molecular flexibility index (Phi) is 4.96. The van der Waals surface area contributed by atoms with E-state index in [1.54, 1.807) is 24.0 Å². The Bertz CT molecular complexity index is 708. The number of aromatic nitrogens is 2. The van der Waals surface area contributed by atoms with Crippen molar-refractivity contribution >= 4 is 40.4 Å². The molecule has 0 saturated carbocycles. The van der Waals surface area contributed by atoms with Crippen LogP contribution in [0, 0.1) is 5.92 Å². The molecule has 1 saturated heterocycles. The first kappa shape index (κ1) is 16.8. The third kappa shape index (κ3) is 3.55. The second kappa shape index (κ2) is 6.81. The molecule has 1 amide bonds. The maximum absolute atomic E-state index is 12.5. The quantitative estimate of drug-likeness (QED) is 0.869. The Morgan fingerprint density at radius 3 is 2.91 bits per heavy atom. The van der Waals surface area contributed by atoms with Crippen molar-refractivity contribution in [3.05, 3.63) is 26.5 Å². The number of nitrogens with one attached hydrogen (secondary N) is 2. The van der Waals surface area contributed by atoms with Gasteiger partial charge in [-0.1, -0.05) is 30.1 Å². The molecule has 3 heterocycles. The summed E-state index contributed by atoms with van der Waals surface area (Å²) in [6.07, 6.45) is 2.55. The number of piperidine rings is 1. The molecule has 3 rings (SSSR count). The number of hydrogen-bond donors (Lipinski definition) is 2. The lowest BCUT2D eigenvalue weighted by Crippen LogP contribution is -2.48. The van der Waals surface area contributed by atoms with Crippen LogP contribution < -0.4 is 10.6 Å². The number of rotatable bonds is 3. The predicted octanol–water partition coefficient (Wildman–Crippen LogP) is 3.18. The highest BCUT2D eigenvalue weighted by molar-refractivity contribution is 7.18. The molecule has 0 bridgehead atoms. The van der Waals surface area contributed by atoms with Crippen LogP contribution in [-0.4, -0.2) is 34.8 Å². The van der Waals surface area contributed by atoms with Crippen LogP contribution in [0.15, 0.2) is 12.3 Å². The highest BCUT2D eigenvalue weighted by Crippen LogP contribution is 2.38. The topological polar surface area (TPSA) is 58.9 Å². The highest BCUT2D eigenvalue weighted by atomic mass is 35.5. The van der Waals surface area contributed by atoms with Gasteiger partial charge in [-0.25, -0.2) is 0 Å². The zero-order chi connectivity index (χ0) is 16.6. The summed E-state index contributed by atoms with van der Waals surface area (Å²) in [5, 5.41) is 11.0. The minimum atomic E-state index is -0.0951. The monoisotopic (exact) mass is 372 g/mol. The van der Waals surface area contributed by atoms with Crippen molar-refractivity contribution in [3.8, 4) is 11.3 Å². The van der Waals surface area contributed by atoms with Gasteiger partial charge in [0, 0.05) is 25.2 Å². The first-order valence-corrected chi connectivity index (χ1v) is 9.01. The molecule has 23 heavy (non-hydrogen) atoms. The van der Waals surface area contributed by atoms with Crippen molar-refractivity contribution in [1.82, 2.24) is 20.4 Å². The van der Waals surface area contributed by atoms with E-state index >= 15 is 0 Å². The molecule has 0 radical (unpaired) electrons. The highest BCUT2D eigenvalue weighted by Gasteiger charge is 2.23. The van der Waals surface area contributed by atoms with E-state index in [2.05, 4.69) is 22.7 Å². The molecule has 2 aromatic rings. The summed E-state index contributed by atoms with van der Waals surface area (Å²) in [5.74, 6) is 0.465. The van der Waals surface area contributed by atoms with Gasteiger partial charge in [0.2, 0.25) is 0 Å². The maximum Gasteiger partial charge on any atom is 0.261 e. The number of nitrogens with zero attached hydrogens (tertiary/aromatic N) is 2. The largest absolute Gasteiger partial charge is 0.347 e. The van der Waals surface area contributed by atoms with Crippen LogP contribution >= 0.6 is 34.5 Å². The van der Waals surface area contributed by atoms with E-state index in [0.29, 0.717) is 20.2 Å². The number of amides is 1. The molecule has 2 aromatic heterocycles. The molecule has 124 valence electrons. The molecule has 0 spiro atoms. The lowest BCUT2D eigenvalue weighted by atomic mass is 9.98. The fourth-order valence-corrected chi connectivity index (χ4v) is 4.33. The van der Waals surface area contributed by atoms with Crippen LogP contribution in [0.3, 0.4) is 0 Å². The molecule has 1 aliphatic heterocycles. The SMILES string of the molecule is CC1CNCC(NC(=O)c2cc(-c3c(Cl)cnn3C)c(Cl)s2)C1. The van der Waals surface area contributed by atoms with Crippen LogP contribution in [-0.2, 0) is 7.05 Å². The molecule has 8 heteroatoms. The fraction of sp³-hybridized carbons (Fsp3) is 0.467. The number of halogens is 2. The summed E-state index contributed by atoms with van der Waals surface area (Å²) in [6.45, 7) is 3.98. The van der Waals surface area contributed by atoms with Crippen molar-refractivity contribution in [2.75, 3.05) is 13.1 Å². The zero-order valence-electron chi connectivity index (χ0n) is 12.9. The Labute approximate surface area is 149 Å². The van der Waals surface area contributed by atoms with Gasteiger partial charge in [0.25, 0.3) is 5.91 Å². The van der Waals surface area contributed by atoms with E-state index in [1.165, 1.54) is 11.3 Å². The molecule has 5 nitrogen and oxygen atoms in total. The number of thiophene rings is 1. The lowest BCUT2D eigenvalue weighted by molar-refractivity contribution is 0.0929. The van der Waals surface area contributed by atoms with Gasteiger partial charge in [0.15, 0.2) is 0 Å². The van der Waals surface area contributed by atoms with Crippen molar-refractivity contribution < 1.29 is 4.79 Å². The zero-order valence-corrected chi connectivity index (χ0v) is 15.2. The molecule has 2 N–H and O–H groups in total. The standard InChI is InChI=1S/C15H18Cl2N4OS/c1-8-3-9(6-18-5-8)20-15(22)12-4-10(14(17)23-12)13-11(16)7-19-21(13)2/h4,7-9,18H,3,5-6H2,1-2H3,(H,20,22). The Hall–Kier alpha value is -1.08. The summed E-state index contributed by atoms with van der Waals surface area (Å²) >= 11 is 13.7. The molecule has 2 atom stereocenters. The van der Waals surface area contributed by atoms with Gasteiger partial charge in [-0.05, 0) is 24.9 Å². The molecule has 2 unspecified atom stereocenters. The third-order valence-corrected chi connectivity index (χ3v) is 5.60. The molecule has 0 aromatic carbocycles. The molecule has 1 aliphatic rings. The molecular weight excluding hydrogens is 355 g/mol. The van der Waals surface area contributed by atoms with Crippen LogP contribution in [0.25, 0.3) is 11.3 Å². The van der Waals surface area contributed by atoms with Crippen molar-refractivity contribution in [1.29, 1.82) is 0 Å². The normalized spacial score (nSPS) is 21.4. The van der Waals surface area contributed by atoms with Gasteiger partial charge >= 0.3 is 0 Å². The van der Waals surface area contributed by atoms with Crippen LogP contribution in [0.1, 0.15) is 23.0 Å². The summed E-state index contributed by atoms with van der Waals surface area (Å²) in [5.41, 5.74) is 1.46. The van der Waals surface area contributed by atoms with E-state index < -0.39 is 0 Å². The summed E-state index contributed by atoms with van der Waals surface area (Å²) in [6, 6.07) is 1.93. The predicted molar refractivity (Wildman–Crippen MR) is 94.4 cm³/mol. The number of carbonyl (C=O) groups is 1. The smallest absolute Gasteiger partial charge is 0.261 e. The van der Waals surface area contributed by atoms with Crippen LogP contribution in [0.2, 0.25) is 9.36 Å². The average Bonchev–Trinajstić information content (AvgIpc) is 3.02. The summed E-state index contributed by atoms with van der Waals surface area (Å²) in [4.78, 5) is 13.1. The van der Waals surface area contributed by atoms with Gasteiger partial charge in [-0.2, -0.15) is 5.10 Å². The molecule has 0 aliphatic carbocycles. The van der Waals surface area contributed by atoms with E-state index in [0.717, 1.165) is 30.8 Å². The van der Waals surface area contributed by atoms with Crippen molar-refractivity contribution in [3.63, 3.8) is 0 Å². The van der Waals surface area contributed by atoms with Crippen LogP contribution in [0.4, 0.5) is 0 Å². The van der Waals surface area contributed by atoms with Crippen molar-refractivity contribution in [2.45, 2.75) is 19.4 Å². The van der Waals surface area contributed by atoms with Gasteiger partial charge in [-0.15, -0.1) is 11.3 Å². The van der Waals surface area contributed by atoms with E-state index in [1.807, 2.05) is 0 Å². The number of carbonyl (C=O) groups excluding carboxylic acids is 1. The second-order valence-electron chi connectivity index (χ2n) is 5.93. The summed E-state index contributed by atoms with van der Waals surface area (Å²) in [7, 11) is 1.80. The van der Waals surface area contributed by atoms with Gasteiger partial charge in [0.05, 0.1) is 21.8 Å². The minimum absolute atomic E-state index is 0.0951. The lowest BCUT2D eigenvalue weighted by Gasteiger charge is -2.28. The Morgan fingerprint density at radius 2 is 2.26 bits per heavy atom. The summed E-state index contributed by atoms with van der Waals surface area (Å²) < 4.78 is 2.20. The van der Waals surface area contributed by atoms with Gasteiger partial charge in [-0.3, -0.25) is 9.48 Å². The third-order valence-electron chi connectivity index (χ3n) is 3.97. The Morgan fingerprint density at radius 1 is 1.48 bits per heavy atom. The average molecular weight is 373 g/mol. The number of hydrogen-bond acceptors (Lipinski definition) is 4. The van der Waals surface area contributed by atoms with E-state index in [4.69, 9.17) is 23.2 Å². The van der Waals surface area contributed by atoms with Gasteiger partial charge in [0.1, 0.15) is 4.34 Å². The Balaban J connectivity index is 1.79. The first-order valence-electron chi connectivity index (χ1n) is 7.44. The maximum atomic E-state index is 12.5. The second-order valence-corrected chi connectivity index (χ2v) is 7.99. The molecule has 1 fully saturated rings. The van der Waals surface area contributed by atoms with Crippen molar-refractivity contribution in [2.24, 2.45) is 13.0 Å². The van der Waals surface area contributed by atoms with E-state index in [9.17, 15) is 4.79 Å². The fourth-order valence-electron chi connectivity index (χ4n) is 2.88. The van der Waals surface area contributed by atoms with Gasteiger partial charge < -0.3 is 10.6 Å². The number of aryl methyl sites for hydroxylation is 1. The van der Waals surface area contributed by atoms with Crippen LogP contribution in [0.5, 0.6) is 0 Å². The van der Waals surface area contributed by atoms with E-state index in [-0.39, 0.29) is 11.9 Å². The minimum Gasteiger partial charge on any atom is -0.347 e.